The molecule has 1 aliphatic rings. The zero-order valence-corrected chi connectivity index (χ0v) is 15.8. The molecule has 2 aromatic heterocycles. The first-order chi connectivity index (χ1) is 13.2. The van der Waals surface area contributed by atoms with Crippen LogP contribution in [0.2, 0.25) is 0 Å². The molecule has 1 aromatic carbocycles. The first kappa shape index (κ1) is 17.5. The second-order valence-electron chi connectivity index (χ2n) is 6.95. The number of carbonyl (C=O) groups is 1. The van der Waals surface area contributed by atoms with Crippen LogP contribution < -0.4 is 9.64 Å². The van der Waals surface area contributed by atoms with Gasteiger partial charge in [-0.1, -0.05) is 31.4 Å². The summed E-state index contributed by atoms with van der Waals surface area (Å²) in [6.07, 6.45) is 9.19. The van der Waals surface area contributed by atoms with Gasteiger partial charge in [-0.2, -0.15) is 0 Å². The Morgan fingerprint density at radius 2 is 1.96 bits per heavy atom. The molecule has 1 aliphatic carbocycles. The summed E-state index contributed by atoms with van der Waals surface area (Å²) in [5.74, 6) is 2.12. The van der Waals surface area contributed by atoms with Crippen LogP contribution in [0.1, 0.15) is 39.0 Å². The number of amides is 1. The smallest absolute Gasteiger partial charge is 0.235 e. The summed E-state index contributed by atoms with van der Waals surface area (Å²) in [6.45, 7) is 1.64. The lowest BCUT2D eigenvalue weighted by molar-refractivity contribution is -0.117. The number of imidazole rings is 1. The van der Waals surface area contributed by atoms with Gasteiger partial charge in [0.25, 0.3) is 0 Å². The van der Waals surface area contributed by atoms with Gasteiger partial charge in [-0.15, -0.1) is 0 Å². The predicted octanol–water partition coefficient (Wildman–Crippen LogP) is 4.09. The topological polar surface area (TPSA) is 59.7 Å². The highest BCUT2D eigenvalue weighted by molar-refractivity contribution is 5.96. The lowest BCUT2D eigenvalue weighted by Gasteiger charge is -2.33. The summed E-state index contributed by atoms with van der Waals surface area (Å²) in [4.78, 5) is 23.8. The van der Waals surface area contributed by atoms with Crippen molar-refractivity contribution in [1.29, 1.82) is 0 Å². The minimum absolute atomic E-state index is 0.0312. The van der Waals surface area contributed by atoms with Gasteiger partial charge < -0.3 is 4.74 Å². The third-order valence-corrected chi connectivity index (χ3v) is 5.25. The van der Waals surface area contributed by atoms with Crippen LogP contribution in [0.5, 0.6) is 5.75 Å². The van der Waals surface area contributed by atoms with Crippen LogP contribution in [-0.2, 0) is 4.79 Å². The standard InChI is InChI=1S/C21H24N4O2/c1-15(26)25(16-9-4-3-5-10-16)20-19(17-11-6-7-12-18(17)27-2)23-21-22-13-8-14-24(20)21/h6-8,11-14,16H,3-5,9-10H2,1-2H3. The van der Waals surface area contributed by atoms with Crippen molar-refractivity contribution in [2.75, 3.05) is 12.0 Å². The van der Waals surface area contributed by atoms with Gasteiger partial charge in [-0.05, 0) is 31.0 Å². The van der Waals surface area contributed by atoms with Gasteiger partial charge in [0.1, 0.15) is 17.3 Å². The van der Waals surface area contributed by atoms with Crippen LogP contribution in [0.3, 0.4) is 0 Å². The third-order valence-electron chi connectivity index (χ3n) is 5.25. The van der Waals surface area contributed by atoms with Gasteiger partial charge in [-0.3, -0.25) is 14.1 Å². The molecule has 1 saturated carbocycles. The van der Waals surface area contributed by atoms with E-state index in [4.69, 9.17) is 9.72 Å². The maximum absolute atomic E-state index is 12.8. The molecule has 140 valence electrons. The first-order valence-electron chi connectivity index (χ1n) is 9.47. The predicted molar refractivity (Wildman–Crippen MR) is 105 cm³/mol. The Morgan fingerprint density at radius 1 is 1.19 bits per heavy atom. The van der Waals surface area contributed by atoms with Crippen molar-refractivity contribution in [3.8, 4) is 17.0 Å². The molecular formula is C21H24N4O2. The van der Waals surface area contributed by atoms with Crippen molar-refractivity contribution in [1.82, 2.24) is 14.4 Å². The second kappa shape index (κ2) is 7.39. The van der Waals surface area contributed by atoms with Crippen LogP contribution in [-0.4, -0.2) is 33.4 Å². The molecule has 0 atom stereocenters. The van der Waals surface area contributed by atoms with Crippen LogP contribution in [0.4, 0.5) is 5.82 Å². The number of benzene rings is 1. The largest absolute Gasteiger partial charge is 0.496 e. The molecule has 3 aromatic rings. The summed E-state index contributed by atoms with van der Waals surface area (Å²) in [5, 5.41) is 0. The van der Waals surface area contributed by atoms with Crippen molar-refractivity contribution in [3.63, 3.8) is 0 Å². The number of hydrogen-bond donors (Lipinski definition) is 0. The number of aromatic nitrogens is 3. The number of anilines is 1. The normalized spacial score (nSPS) is 15.0. The molecular weight excluding hydrogens is 340 g/mol. The Kier molecular flexibility index (Phi) is 4.79. The van der Waals surface area contributed by atoms with Gasteiger partial charge >= 0.3 is 0 Å². The van der Waals surface area contributed by atoms with E-state index in [9.17, 15) is 4.79 Å². The van der Waals surface area contributed by atoms with Gasteiger partial charge in [0.15, 0.2) is 0 Å². The fourth-order valence-corrected chi connectivity index (χ4v) is 4.04. The van der Waals surface area contributed by atoms with Crippen molar-refractivity contribution in [2.45, 2.75) is 45.1 Å². The number of rotatable bonds is 4. The molecule has 1 amide bonds. The fourth-order valence-electron chi connectivity index (χ4n) is 4.04. The molecule has 0 saturated heterocycles. The maximum atomic E-state index is 12.8. The molecule has 6 heteroatoms. The summed E-state index contributed by atoms with van der Waals surface area (Å²) < 4.78 is 7.48. The van der Waals surface area contributed by atoms with Gasteiger partial charge in [-0.25, -0.2) is 9.97 Å². The summed E-state index contributed by atoms with van der Waals surface area (Å²) >= 11 is 0. The van der Waals surface area contributed by atoms with E-state index in [1.54, 1.807) is 20.2 Å². The lowest BCUT2D eigenvalue weighted by Crippen LogP contribution is -2.41. The minimum Gasteiger partial charge on any atom is -0.496 e. The van der Waals surface area contributed by atoms with E-state index in [0.29, 0.717) is 5.78 Å². The minimum atomic E-state index is 0.0312. The number of para-hydroxylation sites is 1. The van der Waals surface area contributed by atoms with Gasteiger partial charge in [0.2, 0.25) is 11.7 Å². The summed E-state index contributed by atoms with van der Waals surface area (Å²) in [6, 6.07) is 9.82. The van der Waals surface area contributed by atoms with E-state index in [1.165, 1.54) is 6.42 Å². The van der Waals surface area contributed by atoms with E-state index in [2.05, 4.69) is 4.98 Å². The number of methoxy groups -OCH3 is 1. The van der Waals surface area contributed by atoms with Crippen LogP contribution >= 0.6 is 0 Å². The third kappa shape index (κ3) is 3.16. The Bertz CT molecular complexity index is 960. The average Bonchev–Trinajstić information content (AvgIpc) is 3.08. The van der Waals surface area contributed by atoms with Crippen LogP contribution in [0.15, 0.2) is 42.7 Å². The molecule has 2 heterocycles. The Morgan fingerprint density at radius 3 is 2.70 bits per heavy atom. The van der Waals surface area contributed by atoms with Crippen molar-refractivity contribution >= 4 is 17.5 Å². The molecule has 0 spiro atoms. The SMILES string of the molecule is COc1ccccc1-c1nc2ncccn2c1N(C(C)=O)C1CCCCC1. The molecule has 27 heavy (non-hydrogen) atoms. The highest BCUT2D eigenvalue weighted by Gasteiger charge is 2.31. The van der Waals surface area contributed by atoms with E-state index in [1.807, 2.05) is 45.8 Å². The number of hydrogen-bond acceptors (Lipinski definition) is 4. The molecule has 6 nitrogen and oxygen atoms in total. The summed E-state index contributed by atoms with van der Waals surface area (Å²) in [7, 11) is 1.65. The fraction of sp³-hybridized carbons (Fsp3) is 0.381. The first-order valence-corrected chi connectivity index (χ1v) is 9.47. The number of nitrogens with zero attached hydrogens (tertiary/aromatic N) is 4. The monoisotopic (exact) mass is 364 g/mol. The van der Waals surface area contributed by atoms with Crippen molar-refractivity contribution < 1.29 is 9.53 Å². The van der Waals surface area contributed by atoms with Gasteiger partial charge in [0, 0.05) is 30.9 Å². The van der Waals surface area contributed by atoms with Crippen LogP contribution in [0, 0.1) is 0 Å². The number of carbonyl (C=O) groups excluding carboxylic acids is 1. The van der Waals surface area contributed by atoms with Crippen molar-refractivity contribution in [3.05, 3.63) is 42.7 Å². The van der Waals surface area contributed by atoms with E-state index in [0.717, 1.165) is 48.5 Å². The Balaban J connectivity index is 1.96. The van der Waals surface area contributed by atoms with Gasteiger partial charge in [0.05, 0.1) is 7.11 Å². The molecule has 0 bridgehead atoms. The molecule has 0 unspecified atom stereocenters. The zero-order valence-electron chi connectivity index (χ0n) is 15.8. The quantitative estimate of drug-likeness (QED) is 0.700. The lowest BCUT2D eigenvalue weighted by atomic mass is 9.94. The molecule has 4 rings (SSSR count). The van der Waals surface area contributed by atoms with E-state index >= 15 is 0 Å². The van der Waals surface area contributed by atoms with Crippen molar-refractivity contribution in [2.24, 2.45) is 0 Å². The maximum Gasteiger partial charge on any atom is 0.235 e. The number of ether oxygens (including phenoxy) is 1. The number of fused-ring (bicyclic) bond motifs is 1. The molecule has 0 radical (unpaired) electrons. The Labute approximate surface area is 158 Å². The zero-order chi connectivity index (χ0) is 18.8. The van der Waals surface area contributed by atoms with E-state index < -0.39 is 0 Å². The molecule has 0 aliphatic heterocycles. The van der Waals surface area contributed by atoms with E-state index in [-0.39, 0.29) is 11.9 Å². The highest BCUT2D eigenvalue weighted by Crippen LogP contribution is 2.39. The average molecular weight is 364 g/mol. The molecule has 0 N–H and O–H groups in total. The second-order valence-corrected chi connectivity index (χ2v) is 6.95. The highest BCUT2D eigenvalue weighted by atomic mass is 16.5. The molecule has 1 fully saturated rings. The Hall–Kier alpha value is -2.89. The van der Waals surface area contributed by atoms with Crippen LogP contribution in [0.25, 0.3) is 17.0 Å². The summed E-state index contributed by atoms with van der Waals surface area (Å²) in [5.41, 5.74) is 1.59.